The van der Waals surface area contributed by atoms with Gasteiger partial charge in [-0.2, -0.15) is 9.97 Å². The maximum atomic E-state index is 10.2. The average molecular weight is 340 g/mol. The van der Waals surface area contributed by atoms with E-state index in [1.807, 2.05) is 0 Å². The highest BCUT2D eigenvalue weighted by molar-refractivity contribution is 6.33. The lowest BCUT2D eigenvalue weighted by Gasteiger charge is -2.21. The molecule has 0 spiro atoms. The maximum Gasteiger partial charge on any atom is 0.223 e. The summed E-state index contributed by atoms with van der Waals surface area (Å²) in [7, 11) is 0. The Balaban J connectivity index is 2.03. The third kappa shape index (κ3) is 2.71. The second kappa shape index (κ2) is 6.27. The summed E-state index contributed by atoms with van der Waals surface area (Å²) in [6, 6.07) is 0. The molecule has 4 N–H and O–H groups in total. The van der Waals surface area contributed by atoms with Crippen LogP contribution in [0.3, 0.4) is 0 Å². The summed E-state index contributed by atoms with van der Waals surface area (Å²) in [4.78, 5) is 12.0. The highest BCUT2D eigenvalue weighted by atomic mass is 35.5. The first-order valence-corrected chi connectivity index (χ1v) is 7.09. The topological polar surface area (TPSA) is 129 Å². The van der Waals surface area contributed by atoms with Crippen molar-refractivity contribution in [3.63, 3.8) is 0 Å². The number of nitrogens with zero attached hydrogens (tertiary/aromatic N) is 4. The average Bonchev–Trinajstić information content (AvgIpc) is 3.06. The summed E-state index contributed by atoms with van der Waals surface area (Å²) in [5.41, 5.74) is 6.27. The first kappa shape index (κ1) is 15.9. The second-order valence-corrected chi connectivity index (χ2v) is 5.27. The summed E-state index contributed by atoms with van der Waals surface area (Å²) in [6.45, 7) is -0.400. The zero-order valence-electron chi connectivity index (χ0n) is 11.8. The van der Waals surface area contributed by atoms with E-state index in [-0.39, 0.29) is 24.3 Å². The van der Waals surface area contributed by atoms with Gasteiger partial charge in [0.05, 0.1) is 12.9 Å². The van der Waals surface area contributed by atoms with Gasteiger partial charge in [-0.25, -0.2) is 4.98 Å². The van der Waals surface area contributed by atoms with E-state index in [9.17, 15) is 10.2 Å². The number of rotatable bonds is 4. The molecule has 4 atom stereocenters. The van der Waals surface area contributed by atoms with Crippen LogP contribution in [0.2, 0.25) is 5.15 Å². The Bertz CT molecular complexity index is 761. The van der Waals surface area contributed by atoms with Crippen molar-refractivity contribution in [1.82, 2.24) is 19.5 Å². The van der Waals surface area contributed by atoms with Crippen LogP contribution in [0.25, 0.3) is 11.2 Å². The fourth-order valence-corrected chi connectivity index (χ4v) is 2.72. The fourth-order valence-electron chi connectivity index (χ4n) is 2.50. The van der Waals surface area contributed by atoms with Crippen molar-refractivity contribution in [3.05, 3.63) is 11.5 Å². The molecule has 0 saturated carbocycles. The van der Waals surface area contributed by atoms with E-state index in [2.05, 4.69) is 20.9 Å². The zero-order chi connectivity index (χ0) is 16.6. The normalized spacial score (nSPS) is 27.4. The van der Waals surface area contributed by atoms with Crippen LogP contribution in [0.15, 0.2) is 6.33 Å². The highest BCUT2D eigenvalue weighted by Gasteiger charge is 2.45. The molecule has 1 aliphatic heterocycles. The van der Waals surface area contributed by atoms with Crippen LogP contribution in [-0.2, 0) is 9.47 Å². The maximum absolute atomic E-state index is 10.2. The highest BCUT2D eigenvalue weighted by Crippen LogP contribution is 2.34. The number of ether oxygens (including phenoxy) is 2. The second-order valence-electron chi connectivity index (χ2n) is 4.91. The third-order valence-corrected chi connectivity index (χ3v) is 3.79. The molecule has 23 heavy (non-hydrogen) atoms. The number of nitrogen functional groups attached to an aromatic ring is 1. The van der Waals surface area contributed by atoms with E-state index in [0.717, 1.165) is 0 Å². The Hall–Kier alpha value is -1.96. The van der Waals surface area contributed by atoms with Gasteiger partial charge < -0.3 is 25.4 Å². The van der Waals surface area contributed by atoms with Gasteiger partial charge in [0.1, 0.15) is 30.4 Å². The molecule has 1 fully saturated rings. The Morgan fingerprint density at radius 3 is 3.00 bits per heavy atom. The molecule has 9 nitrogen and oxygen atoms in total. The molecule has 0 aromatic carbocycles. The predicted molar refractivity (Wildman–Crippen MR) is 80.3 cm³/mol. The van der Waals surface area contributed by atoms with Crippen molar-refractivity contribution in [2.45, 2.75) is 24.5 Å². The van der Waals surface area contributed by atoms with E-state index >= 15 is 0 Å². The number of nitrogens with two attached hydrogens (primary N) is 1. The molecular weight excluding hydrogens is 326 g/mol. The number of hydrogen-bond acceptors (Lipinski definition) is 8. The predicted octanol–water partition coefficient (Wildman–Crippen LogP) is -0.669. The van der Waals surface area contributed by atoms with Gasteiger partial charge >= 0.3 is 0 Å². The van der Waals surface area contributed by atoms with Crippen LogP contribution in [0.5, 0.6) is 0 Å². The first-order chi connectivity index (χ1) is 11.1. The molecule has 0 amide bonds. The van der Waals surface area contributed by atoms with E-state index in [1.165, 1.54) is 10.9 Å². The van der Waals surface area contributed by atoms with Crippen molar-refractivity contribution < 1.29 is 19.7 Å². The van der Waals surface area contributed by atoms with Gasteiger partial charge in [-0.15, -0.1) is 6.42 Å². The standard InChI is InChI=1S/C13H14ClN5O4/c1-2-3-22-9-8(21)6(4-20)23-12(9)19-5-16-7-10(14)17-13(15)18-11(7)19/h1,5-6,8-9,12,20-21H,3-4H2,(H2,15,17,18)/t6-,8-,9-,12-/m1/s1. The van der Waals surface area contributed by atoms with Crippen LogP contribution in [0, 0.1) is 12.3 Å². The van der Waals surface area contributed by atoms with Crippen molar-refractivity contribution in [2.24, 2.45) is 0 Å². The van der Waals surface area contributed by atoms with Crippen molar-refractivity contribution in [3.8, 4) is 12.3 Å². The van der Waals surface area contributed by atoms with Gasteiger partial charge in [-0.3, -0.25) is 4.57 Å². The lowest BCUT2D eigenvalue weighted by atomic mass is 10.1. The number of terminal acetylenes is 1. The molecule has 2 aromatic rings. The van der Waals surface area contributed by atoms with Gasteiger partial charge in [-0.1, -0.05) is 17.5 Å². The van der Waals surface area contributed by atoms with Crippen molar-refractivity contribution >= 4 is 28.7 Å². The van der Waals surface area contributed by atoms with Crippen LogP contribution < -0.4 is 5.73 Å². The minimum absolute atomic E-state index is 0.0236. The number of halogens is 1. The lowest BCUT2D eigenvalue weighted by molar-refractivity contribution is -0.0636. The minimum atomic E-state index is -1.06. The molecule has 0 radical (unpaired) electrons. The number of aromatic nitrogens is 4. The molecule has 122 valence electrons. The van der Waals surface area contributed by atoms with Gasteiger partial charge in [0, 0.05) is 0 Å². The van der Waals surface area contributed by atoms with Crippen LogP contribution >= 0.6 is 11.6 Å². The molecule has 1 saturated heterocycles. The Labute approximate surface area is 136 Å². The summed E-state index contributed by atoms with van der Waals surface area (Å²) < 4.78 is 12.6. The molecule has 0 aliphatic carbocycles. The largest absolute Gasteiger partial charge is 0.394 e. The number of imidazole rings is 1. The molecule has 0 bridgehead atoms. The molecule has 1 aliphatic rings. The van der Waals surface area contributed by atoms with Gasteiger partial charge in [0.2, 0.25) is 5.95 Å². The van der Waals surface area contributed by atoms with E-state index < -0.39 is 24.5 Å². The number of aliphatic hydroxyl groups excluding tert-OH is 2. The number of fused-ring (bicyclic) bond motifs is 1. The lowest BCUT2D eigenvalue weighted by Crippen LogP contribution is -2.35. The first-order valence-electron chi connectivity index (χ1n) is 6.71. The Morgan fingerprint density at radius 2 is 2.30 bits per heavy atom. The molecule has 2 aromatic heterocycles. The van der Waals surface area contributed by atoms with Crippen LogP contribution in [0.4, 0.5) is 5.95 Å². The van der Waals surface area contributed by atoms with Gasteiger partial charge in [0.25, 0.3) is 0 Å². The monoisotopic (exact) mass is 339 g/mol. The fraction of sp³-hybridized carbons (Fsp3) is 0.462. The number of anilines is 1. The summed E-state index contributed by atoms with van der Waals surface area (Å²) in [5, 5.41) is 19.7. The van der Waals surface area contributed by atoms with Crippen LogP contribution in [-0.4, -0.2) is 61.3 Å². The molecule has 3 heterocycles. The smallest absolute Gasteiger partial charge is 0.223 e. The molecule has 0 unspecified atom stereocenters. The quantitative estimate of drug-likeness (QED) is 0.494. The minimum Gasteiger partial charge on any atom is -0.394 e. The zero-order valence-corrected chi connectivity index (χ0v) is 12.6. The van der Waals surface area contributed by atoms with E-state index in [4.69, 9.17) is 33.2 Å². The van der Waals surface area contributed by atoms with E-state index in [1.54, 1.807) is 0 Å². The van der Waals surface area contributed by atoms with Gasteiger partial charge in [0.15, 0.2) is 17.0 Å². The van der Waals surface area contributed by atoms with Crippen molar-refractivity contribution in [2.75, 3.05) is 18.9 Å². The Kier molecular flexibility index (Phi) is 4.34. The number of aliphatic hydroxyl groups is 2. The SMILES string of the molecule is C#CCO[C@@H]1[C@H](O)[C@@H](CO)O[C@H]1n1cnc2c(Cl)nc(N)nc21. The van der Waals surface area contributed by atoms with Gasteiger partial charge in [-0.05, 0) is 0 Å². The molecule has 10 heteroatoms. The third-order valence-electron chi connectivity index (χ3n) is 3.52. The van der Waals surface area contributed by atoms with Crippen molar-refractivity contribution in [1.29, 1.82) is 0 Å². The molecule has 3 rings (SSSR count). The van der Waals surface area contributed by atoms with Crippen LogP contribution in [0.1, 0.15) is 6.23 Å². The molecular formula is C13H14ClN5O4. The summed E-state index contributed by atoms with van der Waals surface area (Å²) >= 11 is 5.99. The summed E-state index contributed by atoms with van der Waals surface area (Å²) in [5.74, 6) is 2.30. The van der Waals surface area contributed by atoms with E-state index in [0.29, 0.717) is 11.2 Å². The Morgan fingerprint density at radius 1 is 1.52 bits per heavy atom. The summed E-state index contributed by atoms with van der Waals surface area (Å²) in [6.07, 6.45) is 3.12. The number of hydrogen-bond donors (Lipinski definition) is 3.